The zero-order valence-electron chi connectivity index (χ0n) is 43.3. The van der Waals surface area contributed by atoms with Gasteiger partial charge < -0.3 is 46.2 Å². The molecule has 17 heteroatoms. The lowest BCUT2D eigenvalue weighted by Gasteiger charge is -2.48. The second-order valence-electron chi connectivity index (χ2n) is 21.9. The molecule has 0 aliphatic carbocycles. The number of likely N-dealkylation sites (tertiary alicyclic amines) is 1. The number of alkyl carbamates (subject to hydrolysis) is 2. The van der Waals surface area contributed by atoms with Crippen LogP contribution in [0.3, 0.4) is 0 Å². The Kier molecular flexibility index (Phi) is 20.8. The zero-order chi connectivity index (χ0) is 52.0. The summed E-state index contributed by atoms with van der Waals surface area (Å²) in [7, 11) is 0. The van der Waals surface area contributed by atoms with Crippen molar-refractivity contribution >= 4 is 35.8 Å². The molecule has 2 aliphatic rings. The molecule has 0 radical (unpaired) electrons. The first-order valence-corrected chi connectivity index (χ1v) is 24.8. The molecular weight excluding hydrogens is 898 g/mol. The summed E-state index contributed by atoms with van der Waals surface area (Å²) < 4.78 is 27.2. The van der Waals surface area contributed by atoms with Crippen molar-refractivity contribution in [3.05, 3.63) is 83.7 Å². The van der Waals surface area contributed by atoms with Crippen molar-refractivity contribution in [3.63, 3.8) is 0 Å². The van der Waals surface area contributed by atoms with Crippen molar-refractivity contribution in [2.75, 3.05) is 13.1 Å². The van der Waals surface area contributed by atoms with E-state index in [1.165, 1.54) is 11.0 Å². The van der Waals surface area contributed by atoms with Crippen molar-refractivity contribution in [2.24, 2.45) is 17.8 Å². The number of ether oxygens (including phenoxy) is 2. The van der Waals surface area contributed by atoms with Crippen LogP contribution in [0.5, 0.6) is 0 Å². The van der Waals surface area contributed by atoms with E-state index in [4.69, 9.17) is 14.7 Å². The number of carbonyl (C=O) groups excluding carboxylic acids is 6. The zero-order valence-corrected chi connectivity index (χ0v) is 43.3. The number of hydrogen-bond acceptors (Lipinski definition) is 9. The van der Waals surface area contributed by atoms with Gasteiger partial charge in [-0.25, -0.2) is 14.0 Å². The third-order valence-corrected chi connectivity index (χ3v) is 12.6. The predicted octanol–water partition coefficient (Wildman–Crippen LogP) is 6.74. The lowest BCUT2D eigenvalue weighted by molar-refractivity contribution is -0.246. The average molecular weight is 979 g/mol. The summed E-state index contributed by atoms with van der Waals surface area (Å²) in [4.78, 5) is 84.2. The molecule has 70 heavy (non-hydrogen) atoms. The molecule has 2 aromatic rings. The first-order chi connectivity index (χ1) is 32.8. The Hall–Kier alpha value is -5.55. The van der Waals surface area contributed by atoms with Crippen LogP contribution in [0.15, 0.2) is 72.6 Å². The molecule has 0 saturated carbocycles. The first kappa shape index (κ1) is 57.0. The van der Waals surface area contributed by atoms with E-state index in [-0.39, 0.29) is 50.9 Å². The van der Waals surface area contributed by atoms with Gasteiger partial charge in [0.1, 0.15) is 36.2 Å². The van der Waals surface area contributed by atoms with Crippen molar-refractivity contribution in [3.8, 4) is 0 Å². The second kappa shape index (κ2) is 25.5. The normalized spacial score (nSPS) is 19.1. The molecular formula is C53H81FN7O9+. The number of benzene rings is 2. The molecule has 2 fully saturated rings. The van der Waals surface area contributed by atoms with Crippen LogP contribution in [0, 0.1) is 17.8 Å². The number of amides is 6. The monoisotopic (exact) mass is 979 g/mol. The maximum Gasteiger partial charge on any atom is 0.408 e. The Morgan fingerprint density at radius 2 is 1.43 bits per heavy atom. The minimum absolute atomic E-state index is 0.0183. The smallest absolute Gasteiger partial charge is 0.408 e. The topological polar surface area (TPSA) is 210 Å². The number of hydrogen-bond donors (Lipinski definition) is 5. The van der Waals surface area contributed by atoms with Gasteiger partial charge in [0.05, 0.1) is 23.0 Å². The van der Waals surface area contributed by atoms with E-state index in [0.29, 0.717) is 32.1 Å². The first-order valence-electron chi connectivity index (χ1n) is 24.8. The highest BCUT2D eigenvalue weighted by Crippen LogP contribution is 2.37. The average Bonchev–Trinajstić information content (AvgIpc) is 3.77. The van der Waals surface area contributed by atoms with Gasteiger partial charge in [-0.2, -0.15) is 0 Å². The fourth-order valence-electron chi connectivity index (χ4n) is 9.34. The van der Waals surface area contributed by atoms with E-state index < -0.39 is 94.3 Å². The van der Waals surface area contributed by atoms with Gasteiger partial charge >= 0.3 is 12.2 Å². The Balaban J connectivity index is 1.52. The highest BCUT2D eigenvalue weighted by molar-refractivity contribution is 5.95. The molecule has 7 N–H and O–H groups in total. The largest absolute Gasteiger partial charge is 0.445 e. The van der Waals surface area contributed by atoms with E-state index in [2.05, 4.69) is 26.6 Å². The lowest BCUT2D eigenvalue weighted by atomic mass is 9.79. The molecule has 2 aliphatic heterocycles. The van der Waals surface area contributed by atoms with E-state index in [1.807, 2.05) is 102 Å². The number of nitrogens with zero attached hydrogens (tertiary/aromatic N) is 2. The Morgan fingerprint density at radius 3 is 2.00 bits per heavy atom. The van der Waals surface area contributed by atoms with E-state index >= 15 is 4.39 Å². The summed E-state index contributed by atoms with van der Waals surface area (Å²) in [6, 6.07) is 13.9. The molecule has 388 valence electrons. The molecule has 0 aromatic heterocycles. The highest BCUT2D eigenvalue weighted by atomic mass is 19.1. The van der Waals surface area contributed by atoms with Crippen LogP contribution >= 0.6 is 0 Å². The molecule has 2 heterocycles. The second-order valence-corrected chi connectivity index (χ2v) is 21.9. The van der Waals surface area contributed by atoms with Crippen molar-refractivity contribution < 1.29 is 47.8 Å². The van der Waals surface area contributed by atoms with E-state index in [0.717, 1.165) is 11.1 Å². The summed E-state index contributed by atoms with van der Waals surface area (Å²) >= 11 is 0. The molecule has 0 spiro atoms. The quantitative estimate of drug-likeness (QED) is 0.0662. The van der Waals surface area contributed by atoms with Crippen LogP contribution in [0.2, 0.25) is 0 Å². The third-order valence-electron chi connectivity index (χ3n) is 12.6. The summed E-state index contributed by atoms with van der Waals surface area (Å²) in [5.41, 5.74) is -0.312. The molecule has 0 bridgehead atoms. The number of hydroxylamine groups is 2. The SMILES string of the molecule is CC(C)C[C@H](NC(=O)OC(C)(C)C)/C(F)=C/[C@H](Cc1ccccc1)C(=O)N1CCC[C@H]1C(=O)N[C@H](C(=O)N[C@H](CCCNC(=O)OCc1ccccc1)C(=O)NC1CC(C)(C)N([OH2+])C(C)(C)C1)C(C)C. The van der Waals surface area contributed by atoms with Crippen LogP contribution in [-0.2, 0) is 41.7 Å². The summed E-state index contributed by atoms with van der Waals surface area (Å²) in [6.45, 7) is 20.7. The number of rotatable bonds is 21. The molecule has 16 nitrogen and oxygen atoms in total. The van der Waals surface area contributed by atoms with Crippen molar-refractivity contribution in [1.29, 1.82) is 0 Å². The minimum atomic E-state index is -1.11. The molecule has 2 saturated heterocycles. The van der Waals surface area contributed by atoms with Gasteiger partial charge in [0.15, 0.2) is 0 Å². The Bertz CT molecular complexity index is 2080. The van der Waals surface area contributed by atoms with Crippen LogP contribution in [0.1, 0.15) is 132 Å². The number of piperidine rings is 1. The summed E-state index contributed by atoms with van der Waals surface area (Å²) in [5.74, 6) is -4.26. The van der Waals surface area contributed by atoms with Gasteiger partial charge in [-0.3, -0.25) is 19.2 Å². The van der Waals surface area contributed by atoms with Gasteiger partial charge in [-0.15, -0.1) is 0 Å². The van der Waals surface area contributed by atoms with Gasteiger partial charge in [-0.1, -0.05) is 93.4 Å². The third kappa shape index (κ3) is 17.7. The van der Waals surface area contributed by atoms with Crippen LogP contribution in [-0.4, -0.2) is 111 Å². The number of carbonyl (C=O) groups is 6. The van der Waals surface area contributed by atoms with Crippen molar-refractivity contribution in [2.45, 2.75) is 181 Å². The van der Waals surface area contributed by atoms with Gasteiger partial charge in [0.2, 0.25) is 23.6 Å². The van der Waals surface area contributed by atoms with Crippen LogP contribution in [0.4, 0.5) is 14.0 Å². The Labute approximate surface area is 414 Å². The van der Waals surface area contributed by atoms with E-state index in [9.17, 15) is 28.8 Å². The van der Waals surface area contributed by atoms with Crippen LogP contribution < -0.4 is 26.6 Å². The fourth-order valence-corrected chi connectivity index (χ4v) is 9.34. The highest BCUT2D eigenvalue weighted by Gasteiger charge is 2.49. The molecule has 6 amide bonds. The van der Waals surface area contributed by atoms with Gasteiger partial charge in [0.25, 0.3) is 0 Å². The molecule has 0 unspecified atom stereocenters. The molecule has 4 rings (SSSR count). The number of nitrogens with one attached hydrogen (secondary N) is 5. The standard InChI is InChI=1S/C53H80FN7O9/c1-34(2)28-42(58-50(67)70-51(5,6)7)40(54)30-38(29-36-20-14-12-15-21-36)48(65)60-27-19-25-43(60)46(63)59-44(35(3)4)47(64)57-41(24-18-26-55-49(66)69-33-37-22-16-13-17-23-37)45(62)56-39-31-52(8,9)61(68)53(10,11)32-39/h12-17,20-23,30,34-35,38-39,41-44,68H,18-19,24-29,31-33H2,1-11H3,(H,55,66)(H,56,62)(H,57,64)(H,58,67)(H,59,63)/p+1/b40-30-/t38-,41+,42-,43-,44-/m0/s1. The van der Waals surface area contributed by atoms with Crippen LogP contribution in [0.25, 0.3) is 0 Å². The van der Waals surface area contributed by atoms with Gasteiger partial charge in [-0.05, 0) is 129 Å². The minimum Gasteiger partial charge on any atom is -0.445 e. The maximum absolute atomic E-state index is 16.5. The lowest BCUT2D eigenvalue weighted by Crippen LogP contribution is -2.64. The summed E-state index contributed by atoms with van der Waals surface area (Å²) in [6.07, 6.45) is 2.43. The van der Waals surface area contributed by atoms with Crippen molar-refractivity contribution in [1.82, 2.24) is 36.5 Å². The predicted molar refractivity (Wildman–Crippen MR) is 268 cm³/mol. The number of halogens is 1. The van der Waals surface area contributed by atoms with E-state index in [1.54, 1.807) is 39.7 Å². The van der Waals surface area contributed by atoms with Gasteiger partial charge in [0, 0.05) is 19.1 Å². The summed E-state index contributed by atoms with van der Waals surface area (Å²) in [5, 5.41) is 24.5. The Morgan fingerprint density at radius 1 is 0.829 bits per heavy atom. The molecule has 5 atom stereocenters. The maximum atomic E-state index is 16.5. The fraction of sp³-hybridized carbons (Fsp3) is 0.623. The molecule has 2 aromatic carbocycles.